The second-order valence-corrected chi connectivity index (χ2v) is 5.92. The molecule has 8 heteroatoms. The molecule has 1 atom stereocenters. The Labute approximate surface area is 111 Å². The molecule has 1 unspecified atom stereocenters. The van der Waals surface area contributed by atoms with Crippen molar-refractivity contribution in [2.24, 2.45) is 0 Å². The molecule has 0 radical (unpaired) electrons. The highest BCUT2D eigenvalue weighted by Crippen LogP contribution is 2.21. The summed E-state index contributed by atoms with van der Waals surface area (Å²) in [5.74, 6) is 0. The van der Waals surface area contributed by atoms with Gasteiger partial charge >= 0.3 is 0 Å². The Morgan fingerprint density at radius 1 is 1.47 bits per heavy atom. The van der Waals surface area contributed by atoms with Crippen molar-refractivity contribution < 1.29 is 18.4 Å². The van der Waals surface area contributed by atoms with Crippen molar-refractivity contribution in [2.45, 2.75) is 31.2 Å². The highest BCUT2D eigenvalue weighted by atomic mass is 32.2. The number of nitro groups is 1. The summed E-state index contributed by atoms with van der Waals surface area (Å²) in [6.45, 7) is 3.03. The van der Waals surface area contributed by atoms with Crippen LogP contribution in [0.3, 0.4) is 0 Å². The van der Waals surface area contributed by atoms with Crippen molar-refractivity contribution in [3.63, 3.8) is 0 Å². The summed E-state index contributed by atoms with van der Waals surface area (Å²) in [4.78, 5) is 9.91. The fourth-order valence-electron chi connectivity index (χ4n) is 1.57. The third kappa shape index (κ3) is 3.98. The number of nitro benzene ring substituents is 1. The van der Waals surface area contributed by atoms with Gasteiger partial charge in [-0.05, 0) is 25.8 Å². The van der Waals surface area contributed by atoms with E-state index in [0.717, 1.165) is 6.07 Å². The van der Waals surface area contributed by atoms with Gasteiger partial charge in [0, 0.05) is 24.8 Å². The maximum Gasteiger partial charge on any atom is 0.270 e. The fraction of sp³-hybridized carbons (Fsp3) is 0.455. The van der Waals surface area contributed by atoms with E-state index in [2.05, 4.69) is 4.72 Å². The molecule has 7 nitrogen and oxygen atoms in total. The molecular weight excluding hydrogens is 272 g/mol. The lowest BCUT2D eigenvalue weighted by atomic mass is 10.2. The largest absolute Gasteiger partial charge is 0.396 e. The Kier molecular flexibility index (Phi) is 4.98. The van der Waals surface area contributed by atoms with E-state index in [9.17, 15) is 18.5 Å². The van der Waals surface area contributed by atoms with Crippen LogP contribution in [0.25, 0.3) is 0 Å². The molecule has 1 rings (SSSR count). The number of nitrogens with zero attached hydrogens (tertiary/aromatic N) is 1. The SMILES string of the molecule is Cc1ccc([N+](=O)[O-])cc1S(=O)(=O)NC(C)CCO. The first-order valence-corrected chi connectivity index (χ1v) is 7.14. The van der Waals surface area contributed by atoms with Gasteiger partial charge < -0.3 is 5.11 Å². The molecule has 0 aromatic heterocycles. The molecule has 106 valence electrons. The van der Waals surface area contributed by atoms with Crippen LogP contribution in [-0.2, 0) is 10.0 Å². The number of hydrogen-bond acceptors (Lipinski definition) is 5. The lowest BCUT2D eigenvalue weighted by molar-refractivity contribution is -0.385. The van der Waals surface area contributed by atoms with Crippen LogP contribution >= 0.6 is 0 Å². The first kappa shape index (κ1) is 15.5. The molecule has 1 aromatic rings. The smallest absolute Gasteiger partial charge is 0.270 e. The van der Waals surface area contributed by atoms with E-state index in [1.165, 1.54) is 12.1 Å². The van der Waals surface area contributed by atoms with Crippen molar-refractivity contribution in [3.05, 3.63) is 33.9 Å². The van der Waals surface area contributed by atoms with E-state index in [1.54, 1.807) is 13.8 Å². The van der Waals surface area contributed by atoms with Crippen LogP contribution in [0, 0.1) is 17.0 Å². The van der Waals surface area contributed by atoms with Gasteiger partial charge in [0.1, 0.15) is 0 Å². The predicted molar refractivity (Wildman–Crippen MR) is 69.3 cm³/mol. The zero-order valence-corrected chi connectivity index (χ0v) is 11.5. The van der Waals surface area contributed by atoms with Crippen LogP contribution in [0.4, 0.5) is 5.69 Å². The third-order valence-corrected chi connectivity index (χ3v) is 4.32. The molecule has 0 aliphatic heterocycles. The number of aliphatic hydroxyl groups is 1. The molecule has 19 heavy (non-hydrogen) atoms. The van der Waals surface area contributed by atoms with Gasteiger partial charge in [0.2, 0.25) is 10.0 Å². The zero-order valence-electron chi connectivity index (χ0n) is 10.7. The van der Waals surface area contributed by atoms with Gasteiger partial charge in [0.05, 0.1) is 9.82 Å². The average Bonchev–Trinajstić information content (AvgIpc) is 2.28. The summed E-state index contributed by atoms with van der Waals surface area (Å²) in [6.07, 6.45) is 0.271. The summed E-state index contributed by atoms with van der Waals surface area (Å²) in [7, 11) is -3.83. The zero-order chi connectivity index (χ0) is 14.6. The van der Waals surface area contributed by atoms with E-state index in [-0.39, 0.29) is 23.6 Å². The Bertz CT molecular complexity index is 570. The molecule has 1 aromatic carbocycles. The number of nitrogens with one attached hydrogen (secondary N) is 1. The second kappa shape index (κ2) is 6.09. The van der Waals surface area contributed by atoms with Crippen molar-refractivity contribution in [3.8, 4) is 0 Å². The Balaban J connectivity index is 3.13. The van der Waals surface area contributed by atoms with E-state index in [4.69, 9.17) is 5.11 Å². The van der Waals surface area contributed by atoms with Crippen molar-refractivity contribution >= 4 is 15.7 Å². The molecule has 0 aliphatic carbocycles. The van der Waals surface area contributed by atoms with Crippen LogP contribution in [-0.4, -0.2) is 31.1 Å². The molecule has 0 bridgehead atoms. The fourth-order valence-corrected chi connectivity index (χ4v) is 3.12. The molecule has 0 amide bonds. The minimum Gasteiger partial charge on any atom is -0.396 e. The first-order chi connectivity index (χ1) is 8.77. The van der Waals surface area contributed by atoms with Crippen LogP contribution in [0.15, 0.2) is 23.1 Å². The molecule has 0 fully saturated rings. The maximum absolute atomic E-state index is 12.1. The number of benzene rings is 1. The standard InChI is InChI=1S/C11H16N2O5S/c1-8-3-4-10(13(15)16)7-11(8)19(17,18)12-9(2)5-6-14/h3-4,7,9,12,14H,5-6H2,1-2H3. The predicted octanol–water partition coefficient (Wildman–Crippen LogP) is 0.952. The average molecular weight is 288 g/mol. The van der Waals surface area contributed by atoms with Gasteiger partial charge in [-0.1, -0.05) is 6.07 Å². The van der Waals surface area contributed by atoms with Gasteiger partial charge in [-0.2, -0.15) is 0 Å². The van der Waals surface area contributed by atoms with Crippen molar-refractivity contribution in [1.82, 2.24) is 4.72 Å². The van der Waals surface area contributed by atoms with E-state index in [0.29, 0.717) is 5.56 Å². The first-order valence-electron chi connectivity index (χ1n) is 5.66. The molecule has 0 aliphatic rings. The topological polar surface area (TPSA) is 110 Å². The Morgan fingerprint density at radius 2 is 2.11 bits per heavy atom. The summed E-state index contributed by atoms with van der Waals surface area (Å²) < 4.78 is 26.6. The van der Waals surface area contributed by atoms with E-state index >= 15 is 0 Å². The molecule has 0 saturated heterocycles. The summed E-state index contributed by atoms with van der Waals surface area (Å²) >= 11 is 0. The van der Waals surface area contributed by atoms with Crippen LogP contribution in [0.5, 0.6) is 0 Å². The summed E-state index contributed by atoms with van der Waals surface area (Å²) in [5.41, 5.74) is 0.148. The molecule has 0 saturated carbocycles. The highest BCUT2D eigenvalue weighted by Gasteiger charge is 2.22. The molecule has 2 N–H and O–H groups in total. The number of rotatable bonds is 6. The minimum absolute atomic E-state index is 0.119. The lowest BCUT2D eigenvalue weighted by Gasteiger charge is -2.14. The number of sulfonamides is 1. The summed E-state index contributed by atoms with van der Waals surface area (Å²) in [5, 5.41) is 19.4. The van der Waals surface area contributed by atoms with Crippen LogP contribution in [0.1, 0.15) is 18.9 Å². The Morgan fingerprint density at radius 3 is 2.63 bits per heavy atom. The lowest BCUT2D eigenvalue weighted by Crippen LogP contribution is -2.33. The Hall–Kier alpha value is -1.51. The monoisotopic (exact) mass is 288 g/mol. The normalized spacial score (nSPS) is 13.2. The number of aryl methyl sites for hydroxylation is 1. The minimum atomic E-state index is -3.83. The number of non-ortho nitro benzene ring substituents is 1. The van der Waals surface area contributed by atoms with Crippen LogP contribution in [0.2, 0.25) is 0 Å². The molecule has 0 spiro atoms. The highest BCUT2D eigenvalue weighted by molar-refractivity contribution is 7.89. The molecule has 0 heterocycles. The van der Waals surface area contributed by atoms with Gasteiger partial charge in [-0.3, -0.25) is 10.1 Å². The maximum atomic E-state index is 12.1. The van der Waals surface area contributed by atoms with E-state index < -0.39 is 21.0 Å². The van der Waals surface area contributed by atoms with Crippen LogP contribution < -0.4 is 4.72 Å². The van der Waals surface area contributed by atoms with Crippen molar-refractivity contribution in [1.29, 1.82) is 0 Å². The number of aliphatic hydroxyl groups excluding tert-OH is 1. The van der Waals surface area contributed by atoms with Gasteiger partial charge in [0.25, 0.3) is 5.69 Å². The second-order valence-electron chi connectivity index (χ2n) is 4.24. The third-order valence-electron chi connectivity index (χ3n) is 2.59. The van der Waals surface area contributed by atoms with Crippen molar-refractivity contribution in [2.75, 3.05) is 6.61 Å². The van der Waals surface area contributed by atoms with Gasteiger partial charge in [-0.25, -0.2) is 13.1 Å². The quantitative estimate of drug-likeness (QED) is 0.598. The number of hydrogen-bond donors (Lipinski definition) is 2. The van der Waals surface area contributed by atoms with E-state index in [1.807, 2.05) is 0 Å². The summed E-state index contributed by atoms with van der Waals surface area (Å²) in [6, 6.07) is 3.23. The molecular formula is C11H16N2O5S. The van der Waals surface area contributed by atoms with Gasteiger partial charge in [0.15, 0.2) is 0 Å². The van der Waals surface area contributed by atoms with Gasteiger partial charge in [-0.15, -0.1) is 0 Å².